The van der Waals surface area contributed by atoms with E-state index in [9.17, 15) is 14.7 Å². The van der Waals surface area contributed by atoms with Gasteiger partial charge in [0.05, 0.1) is 16.8 Å². The molecule has 0 saturated carbocycles. The van der Waals surface area contributed by atoms with Crippen LogP contribution in [0.25, 0.3) is 6.08 Å². The zero-order valence-corrected chi connectivity index (χ0v) is 23.0. The number of aromatic nitrogens is 1. The zero-order valence-electron chi connectivity index (χ0n) is 22.2. The lowest BCUT2D eigenvalue weighted by atomic mass is 9.69. The lowest BCUT2D eigenvalue weighted by Crippen LogP contribution is -2.42. The average molecular weight is 490 g/mol. The summed E-state index contributed by atoms with van der Waals surface area (Å²) >= 11 is 1.60. The molecule has 0 bridgehead atoms. The van der Waals surface area contributed by atoms with Crippen molar-refractivity contribution in [3.63, 3.8) is 0 Å². The number of aliphatic hydroxyl groups excluding tert-OH is 1. The van der Waals surface area contributed by atoms with Crippen LogP contribution in [0.5, 0.6) is 0 Å². The number of hydrogen-bond donors (Lipinski definition) is 1. The van der Waals surface area contributed by atoms with Gasteiger partial charge in [0, 0.05) is 29.6 Å². The van der Waals surface area contributed by atoms with E-state index in [1.165, 1.54) is 5.57 Å². The first kappa shape index (κ1) is 28.4. The van der Waals surface area contributed by atoms with Crippen molar-refractivity contribution in [3.05, 3.63) is 33.3 Å². The van der Waals surface area contributed by atoms with E-state index in [1.807, 2.05) is 59.9 Å². The fourth-order valence-corrected chi connectivity index (χ4v) is 5.14. The van der Waals surface area contributed by atoms with Crippen molar-refractivity contribution in [2.75, 3.05) is 0 Å². The van der Waals surface area contributed by atoms with Gasteiger partial charge in [0.15, 0.2) is 0 Å². The Labute approximate surface area is 209 Å². The number of nitrogens with zero attached hydrogens (tertiary/aromatic N) is 1. The number of aliphatic hydroxyl groups is 1. The summed E-state index contributed by atoms with van der Waals surface area (Å²) in [4.78, 5) is 30.8. The number of carbonyl (C=O) groups excluding carboxylic acids is 2. The number of aryl methyl sites for hydroxylation is 1. The average Bonchev–Trinajstić information content (AvgIpc) is 3.18. The Bertz CT molecular complexity index is 913. The highest BCUT2D eigenvalue weighted by molar-refractivity contribution is 7.09. The first-order valence-electron chi connectivity index (χ1n) is 12.5. The van der Waals surface area contributed by atoms with Gasteiger partial charge >= 0.3 is 5.97 Å². The number of carbonyl (C=O) groups is 2. The molecular formula is C28H43NO4S. The third-order valence-corrected chi connectivity index (χ3v) is 8.35. The highest BCUT2D eigenvalue weighted by Gasteiger charge is 2.41. The third-order valence-electron chi connectivity index (χ3n) is 7.55. The van der Waals surface area contributed by atoms with Crippen molar-refractivity contribution in [1.29, 1.82) is 0 Å². The summed E-state index contributed by atoms with van der Waals surface area (Å²) in [6.07, 6.45) is 6.57. The second kappa shape index (κ2) is 12.3. The third kappa shape index (κ3) is 7.61. The molecule has 1 N–H and O–H groups in total. The minimum absolute atomic E-state index is 0.00171. The molecule has 5 nitrogen and oxygen atoms in total. The molecule has 6 heteroatoms. The van der Waals surface area contributed by atoms with E-state index in [1.54, 1.807) is 11.3 Å². The molecule has 1 aliphatic rings. The molecular weight excluding hydrogens is 446 g/mol. The van der Waals surface area contributed by atoms with Crippen LogP contribution in [0.1, 0.15) is 91.3 Å². The topological polar surface area (TPSA) is 76.5 Å². The fourth-order valence-electron chi connectivity index (χ4n) is 4.57. The highest BCUT2D eigenvalue weighted by atomic mass is 32.1. The summed E-state index contributed by atoms with van der Waals surface area (Å²) in [6.45, 7) is 15.6. The van der Waals surface area contributed by atoms with E-state index in [2.05, 4.69) is 18.0 Å². The van der Waals surface area contributed by atoms with Gasteiger partial charge in [-0.25, -0.2) is 4.98 Å². The Balaban J connectivity index is 2.33. The highest BCUT2D eigenvalue weighted by Crippen LogP contribution is 2.36. The van der Waals surface area contributed by atoms with Gasteiger partial charge in [0.2, 0.25) is 0 Å². The van der Waals surface area contributed by atoms with Gasteiger partial charge in [-0.15, -0.1) is 11.3 Å². The van der Waals surface area contributed by atoms with E-state index in [4.69, 9.17) is 4.74 Å². The van der Waals surface area contributed by atoms with Gasteiger partial charge in [0.25, 0.3) is 0 Å². The van der Waals surface area contributed by atoms with Crippen LogP contribution in [-0.2, 0) is 14.3 Å². The minimum atomic E-state index is -0.745. The molecule has 0 amide bonds. The number of cyclic esters (lactones) is 1. The monoisotopic (exact) mass is 489 g/mol. The number of ketones is 1. The number of esters is 1. The van der Waals surface area contributed by atoms with Crippen molar-refractivity contribution >= 4 is 29.2 Å². The number of rotatable bonds is 2. The van der Waals surface area contributed by atoms with Crippen LogP contribution in [0.3, 0.4) is 0 Å². The molecule has 5 atom stereocenters. The largest absolute Gasteiger partial charge is 0.457 e. The molecule has 2 heterocycles. The Morgan fingerprint density at radius 2 is 1.91 bits per heavy atom. The SMILES string of the molecule is C/C1=C/C[C@@H](/C(C)=C/c2csc(C)n2)OC(=O)CC(C)C(C)(C)C(=O)C(C)C(O)C(C)CCC1. The standard InChI is InChI=1S/C28H43NO4S/c1-17-10-9-11-18(2)26(31)21(5)27(32)28(7,8)20(4)15-25(30)33-24(13-12-17)19(3)14-23-16-34-22(6)29-23/h12,14,16,18,20-21,24,26,31H,9-11,13,15H2,1-8H3/b17-12-,19-14+/t18?,20?,21?,24-,26?/m0/s1. The molecule has 0 radical (unpaired) electrons. The van der Waals surface area contributed by atoms with Crippen LogP contribution < -0.4 is 0 Å². The summed E-state index contributed by atoms with van der Waals surface area (Å²) in [6, 6.07) is 0. The van der Waals surface area contributed by atoms with E-state index in [0.29, 0.717) is 6.42 Å². The van der Waals surface area contributed by atoms with E-state index in [0.717, 1.165) is 35.5 Å². The van der Waals surface area contributed by atoms with Crippen LogP contribution in [-0.4, -0.2) is 34.1 Å². The van der Waals surface area contributed by atoms with E-state index in [-0.39, 0.29) is 36.1 Å². The van der Waals surface area contributed by atoms with Gasteiger partial charge in [0.1, 0.15) is 11.9 Å². The normalized spacial score (nSPS) is 32.1. The van der Waals surface area contributed by atoms with Gasteiger partial charge < -0.3 is 9.84 Å². The number of thiazole rings is 1. The van der Waals surface area contributed by atoms with Crippen LogP contribution >= 0.6 is 11.3 Å². The van der Waals surface area contributed by atoms with Gasteiger partial charge in [-0.1, -0.05) is 46.3 Å². The lowest BCUT2D eigenvalue weighted by molar-refractivity contribution is -0.150. The molecule has 2 rings (SSSR count). The van der Waals surface area contributed by atoms with Crippen LogP contribution in [0.15, 0.2) is 22.6 Å². The zero-order chi connectivity index (χ0) is 25.6. The van der Waals surface area contributed by atoms with Crippen molar-refractivity contribution in [3.8, 4) is 0 Å². The maximum absolute atomic E-state index is 13.3. The molecule has 1 aromatic heterocycles. The molecule has 0 aromatic carbocycles. The molecule has 1 aromatic rings. The van der Waals surface area contributed by atoms with Crippen LogP contribution in [0.4, 0.5) is 0 Å². The second-order valence-electron chi connectivity index (χ2n) is 10.8. The molecule has 0 spiro atoms. The fraction of sp³-hybridized carbons (Fsp3) is 0.679. The number of allylic oxidation sites excluding steroid dienone is 1. The second-order valence-corrected chi connectivity index (χ2v) is 11.8. The molecule has 0 saturated heterocycles. The first-order valence-corrected chi connectivity index (χ1v) is 13.4. The summed E-state index contributed by atoms with van der Waals surface area (Å²) in [5, 5.41) is 13.8. The Kier molecular flexibility index (Phi) is 10.3. The number of Topliss-reactive ketones (excluding diaryl/α,β-unsaturated/α-hetero) is 1. The predicted octanol–water partition coefficient (Wildman–Crippen LogP) is 6.54. The number of ether oxygens (including phenoxy) is 1. The Morgan fingerprint density at radius 3 is 2.53 bits per heavy atom. The van der Waals surface area contributed by atoms with E-state index < -0.39 is 17.4 Å². The predicted molar refractivity (Wildman–Crippen MR) is 140 cm³/mol. The van der Waals surface area contributed by atoms with Gasteiger partial charge in [-0.3, -0.25) is 9.59 Å². The summed E-state index contributed by atoms with van der Waals surface area (Å²) in [7, 11) is 0. The summed E-state index contributed by atoms with van der Waals surface area (Å²) < 4.78 is 5.97. The van der Waals surface area contributed by atoms with Crippen LogP contribution in [0.2, 0.25) is 0 Å². The molecule has 0 fully saturated rings. The molecule has 34 heavy (non-hydrogen) atoms. The van der Waals surface area contributed by atoms with E-state index >= 15 is 0 Å². The summed E-state index contributed by atoms with van der Waals surface area (Å²) in [5.41, 5.74) is 2.33. The Hall–Kier alpha value is -1.79. The van der Waals surface area contributed by atoms with Gasteiger partial charge in [-0.2, -0.15) is 0 Å². The minimum Gasteiger partial charge on any atom is -0.457 e. The first-order chi connectivity index (χ1) is 15.8. The lowest BCUT2D eigenvalue weighted by Gasteiger charge is -2.35. The number of hydrogen-bond acceptors (Lipinski definition) is 6. The molecule has 4 unspecified atom stereocenters. The maximum Gasteiger partial charge on any atom is 0.306 e. The quantitative estimate of drug-likeness (QED) is 0.377. The van der Waals surface area contributed by atoms with Crippen molar-refractivity contribution < 1.29 is 19.4 Å². The van der Waals surface area contributed by atoms with Crippen LogP contribution in [0, 0.1) is 30.1 Å². The van der Waals surface area contributed by atoms with Crippen molar-refractivity contribution in [2.45, 2.75) is 99.7 Å². The molecule has 1 aliphatic heterocycles. The Morgan fingerprint density at radius 1 is 1.24 bits per heavy atom. The van der Waals surface area contributed by atoms with Gasteiger partial charge in [-0.05, 0) is 63.5 Å². The maximum atomic E-state index is 13.3. The van der Waals surface area contributed by atoms with Crippen molar-refractivity contribution in [2.24, 2.45) is 23.2 Å². The molecule has 0 aliphatic carbocycles. The molecule has 190 valence electrons. The summed E-state index contributed by atoms with van der Waals surface area (Å²) in [5.74, 6) is -0.960. The van der Waals surface area contributed by atoms with Crippen molar-refractivity contribution in [1.82, 2.24) is 4.98 Å². The smallest absolute Gasteiger partial charge is 0.306 e.